The number of carboxylic acids is 1. The van der Waals surface area contributed by atoms with Crippen LogP contribution in [0.25, 0.3) is 10.2 Å². The van der Waals surface area contributed by atoms with E-state index in [9.17, 15) is 23.1 Å². The Morgan fingerprint density at radius 3 is 2.79 bits per heavy atom. The van der Waals surface area contributed by atoms with Crippen molar-refractivity contribution in [3.8, 4) is 0 Å². The summed E-state index contributed by atoms with van der Waals surface area (Å²) in [6, 6.07) is 1.34. The lowest BCUT2D eigenvalue weighted by molar-refractivity contribution is -0.147. The van der Waals surface area contributed by atoms with Crippen molar-refractivity contribution in [2.45, 2.75) is 57.9 Å². The molecule has 176 valence electrons. The van der Waals surface area contributed by atoms with Crippen LogP contribution in [0.3, 0.4) is 0 Å². The maximum Gasteiger partial charge on any atom is 0.451 e. The first-order valence-corrected chi connectivity index (χ1v) is 11.6. The molecule has 1 saturated heterocycles. The lowest BCUT2D eigenvalue weighted by Gasteiger charge is -2.30. The van der Waals surface area contributed by atoms with Crippen LogP contribution in [0, 0.1) is 0 Å². The van der Waals surface area contributed by atoms with Gasteiger partial charge in [-0.1, -0.05) is 13.3 Å². The summed E-state index contributed by atoms with van der Waals surface area (Å²) in [4.78, 5) is 26.6. The number of thiophene rings is 1. The van der Waals surface area contributed by atoms with Crippen LogP contribution in [0.2, 0.25) is 0 Å². The third kappa shape index (κ3) is 3.87. The average Bonchev–Trinajstić information content (AvgIpc) is 3.49. The number of anilines is 2. The minimum absolute atomic E-state index is 0.0748. The molecule has 2 aliphatic rings. The van der Waals surface area contributed by atoms with Gasteiger partial charge in [0.1, 0.15) is 16.7 Å². The van der Waals surface area contributed by atoms with Crippen LogP contribution in [0.5, 0.6) is 0 Å². The van der Waals surface area contributed by atoms with Gasteiger partial charge in [0.15, 0.2) is 5.82 Å². The van der Waals surface area contributed by atoms with Gasteiger partial charge in [0.2, 0.25) is 11.8 Å². The first-order valence-electron chi connectivity index (χ1n) is 10.8. The number of halogens is 3. The van der Waals surface area contributed by atoms with Gasteiger partial charge in [-0.05, 0) is 25.3 Å². The highest BCUT2D eigenvalue weighted by Gasteiger charge is 2.40. The van der Waals surface area contributed by atoms with Crippen molar-refractivity contribution in [3.05, 3.63) is 22.6 Å². The van der Waals surface area contributed by atoms with Crippen molar-refractivity contribution in [2.24, 2.45) is 0 Å². The van der Waals surface area contributed by atoms with E-state index < -0.39 is 24.0 Å². The van der Waals surface area contributed by atoms with Crippen molar-refractivity contribution in [3.63, 3.8) is 0 Å². The van der Waals surface area contributed by atoms with Crippen LogP contribution in [0.1, 0.15) is 42.7 Å². The number of nitrogens with zero attached hydrogens (tertiary/aromatic N) is 7. The molecular formula is C20H22F3N7O2S. The molecule has 13 heteroatoms. The molecule has 1 N–H and O–H groups in total. The topological polar surface area (TPSA) is 100 Å². The van der Waals surface area contributed by atoms with E-state index in [4.69, 9.17) is 9.97 Å². The summed E-state index contributed by atoms with van der Waals surface area (Å²) in [6.07, 6.45) is -1.48. The zero-order valence-electron chi connectivity index (χ0n) is 17.8. The summed E-state index contributed by atoms with van der Waals surface area (Å²) >= 11 is 1.54. The van der Waals surface area contributed by atoms with Gasteiger partial charge in [-0.3, -0.25) is 0 Å². The number of carbonyl (C=O) groups is 1. The van der Waals surface area contributed by atoms with Crippen LogP contribution >= 0.6 is 11.3 Å². The number of aromatic nitrogens is 5. The Balaban J connectivity index is 1.56. The van der Waals surface area contributed by atoms with Crippen LogP contribution in [-0.2, 0) is 30.5 Å². The molecule has 33 heavy (non-hydrogen) atoms. The van der Waals surface area contributed by atoms with E-state index >= 15 is 0 Å². The van der Waals surface area contributed by atoms with Gasteiger partial charge in [-0.15, -0.1) is 21.5 Å². The predicted molar refractivity (Wildman–Crippen MR) is 115 cm³/mol. The number of aliphatic carboxylic acids is 1. The average molecular weight is 482 g/mol. The molecular weight excluding hydrogens is 459 g/mol. The first kappa shape index (κ1) is 21.9. The van der Waals surface area contributed by atoms with E-state index in [-0.39, 0.29) is 18.9 Å². The lowest BCUT2D eigenvalue weighted by atomic mass is 10.2. The molecule has 0 aliphatic carbocycles. The fraction of sp³-hybridized carbons (Fsp3) is 0.550. The first-order chi connectivity index (χ1) is 15.8. The minimum Gasteiger partial charge on any atom is -0.480 e. The fourth-order valence-electron chi connectivity index (χ4n) is 4.50. The molecule has 0 radical (unpaired) electrons. The second-order valence-corrected chi connectivity index (χ2v) is 9.34. The minimum atomic E-state index is -4.56. The van der Waals surface area contributed by atoms with Crippen molar-refractivity contribution < 1.29 is 23.1 Å². The molecule has 1 atom stereocenters. The maximum absolute atomic E-state index is 13.2. The Bertz CT molecular complexity index is 1210. The fourth-order valence-corrected chi connectivity index (χ4v) is 5.61. The predicted octanol–water partition coefficient (Wildman–Crippen LogP) is 3.33. The van der Waals surface area contributed by atoms with Crippen LogP contribution in [0.15, 0.2) is 6.07 Å². The van der Waals surface area contributed by atoms with Crippen molar-refractivity contribution in [1.29, 1.82) is 0 Å². The summed E-state index contributed by atoms with van der Waals surface area (Å²) in [5.41, 5.74) is 0. The van der Waals surface area contributed by atoms with Gasteiger partial charge in [0, 0.05) is 24.5 Å². The van der Waals surface area contributed by atoms with E-state index in [0.717, 1.165) is 38.9 Å². The van der Waals surface area contributed by atoms with E-state index in [1.165, 1.54) is 0 Å². The van der Waals surface area contributed by atoms with Crippen molar-refractivity contribution >= 4 is 39.3 Å². The number of rotatable bonds is 5. The molecule has 5 rings (SSSR count). The third-order valence-corrected chi connectivity index (χ3v) is 7.10. The molecule has 0 bridgehead atoms. The molecule has 0 amide bonds. The highest BCUT2D eigenvalue weighted by molar-refractivity contribution is 7.18. The Labute approximate surface area is 190 Å². The Morgan fingerprint density at radius 2 is 2.06 bits per heavy atom. The molecule has 5 heterocycles. The second kappa shape index (κ2) is 8.12. The van der Waals surface area contributed by atoms with Crippen molar-refractivity contribution in [2.75, 3.05) is 22.9 Å². The Morgan fingerprint density at radius 1 is 1.24 bits per heavy atom. The van der Waals surface area contributed by atoms with Gasteiger partial charge in [0.25, 0.3) is 0 Å². The van der Waals surface area contributed by atoms with Crippen LogP contribution < -0.4 is 9.80 Å². The van der Waals surface area contributed by atoms with Gasteiger partial charge < -0.3 is 19.5 Å². The third-order valence-electron chi connectivity index (χ3n) is 6.01. The second-order valence-electron chi connectivity index (χ2n) is 8.23. The summed E-state index contributed by atoms with van der Waals surface area (Å²) in [5, 5.41) is 17.6. The van der Waals surface area contributed by atoms with Gasteiger partial charge in [-0.25, -0.2) is 9.78 Å². The highest BCUT2D eigenvalue weighted by Crippen LogP contribution is 2.37. The van der Waals surface area contributed by atoms with Gasteiger partial charge >= 0.3 is 12.1 Å². The zero-order chi connectivity index (χ0) is 23.3. The molecule has 0 spiro atoms. The summed E-state index contributed by atoms with van der Waals surface area (Å²) in [7, 11) is 0. The number of alkyl halides is 3. The van der Waals surface area contributed by atoms with Crippen molar-refractivity contribution in [1.82, 2.24) is 24.7 Å². The van der Waals surface area contributed by atoms with Crippen LogP contribution in [0.4, 0.5) is 24.9 Å². The molecule has 1 unspecified atom stereocenters. The molecule has 3 aromatic heterocycles. The number of carboxylic acid groups (broad SMARTS) is 1. The van der Waals surface area contributed by atoms with Gasteiger partial charge in [-0.2, -0.15) is 18.2 Å². The van der Waals surface area contributed by atoms with E-state index in [1.807, 2.05) is 11.0 Å². The molecule has 9 nitrogen and oxygen atoms in total. The SMILES string of the molecule is CCCc1cc2c(N3CCn4c(nnc4C(F)(F)F)C3)nc(N3CCCC3C(=O)O)nc2s1. The Hall–Kier alpha value is -2.96. The lowest BCUT2D eigenvalue weighted by Crippen LogP contribution is -2.38. The standard InChI is InChI=1S/C20H22F3N7O2S/c1-2-4-11-9-12-15(28-7-8-30-14(10-28)26-27-18(30)20(21,22)23)24-19(25-16(12)33-11)29-6-3-5-13(29)17(31)32/h9,13H,2-8,10H2,1H3,(H,31,32). The number of hydrogen-bond donors (Lipinski definition) is 1. The largest absolute Gasteiger partial charge is 0.480 e. The number of aryl methyl sites for hydroxylation is 1. The smallest absolute Gasteiger partial charge is 0.451 e. The normalized spacial score (nSPS) is 18.8. The van der Waals surface area contributed by atoms with Crippen LogP contribution in [-0.4, -0.2) is 54.9 Å². The molecule has 3 aromatic rings. The number of fused-ring (bicyclic) bond motifs is 2. The number of hydrogen-bond acceptors (Lipinski definition) is 8. The molecule has 0 aromatic carbocycles. The maximum atomic E-state index is 13.2. The van der Waals surface area contributed by atoms with E-state index in [0.29, 0.717) is 31.3 Å². The summed E-state index contributed by atoms with van der Waals surface area (Å²) < 4.78 is 40.8. The molecule has 2 aliphatic heterocycles. The van der Waals surface area contributed by atoms with Gasteiger partial charge in [0.05, 0.1) is 11.9 Å². The molecule has 0 saturated carbocycles. The quantitative estimate of drug-likeness (QED) is 0.593. The summed E-state index contributed by atoms with van der Waals surface area (Å²) in [5.74, 6) is -0.757. The highest BCUT2D eigenvalue weighted by atomic mass is 32.1. The van der Waals surface area contributed by atoms with E-state index in [2.05, 4.69) is 17.1 Å². The molecule has 1 fully saturated rings. The Kier molecular flexibility index (Phi) is 5.38. The summed E-state index contributed by atoms with van der Waals surface area (Å²) in [6.45, 7) is 3.11. The zero-order valence-corrected chi connectivity index (χ0v) is 18.7. The monoisotopic (exact) mass is 481 g/mol. The van der Waals surface area contributed by atoms with E-state index in [1.54, 1.807) is 16.2 Å².